The largest absolute Gasteiger partial charge is 0.343 e. The molecule has 0 aliphatic carbocycles. The maximum absolute atomic E-state index is 5.46. The molecule has 3 rings (SSSR count). The molecule has 0 radical (unpaired) electrons. The molecular weight excluding hydrogens is 230 g/mol. The van der Waals surface area contributed by atoms with Gasteiger partial charge in [0.15, 0.2) is 0 Å². The van der Waals surface area contributed by atoms with Crippen molar-refractivity contribution in [3.8, 4) is 12.3 Å². The second-order valence-electron chi connectivity index (χ2n) is 4.67. The Kier molecular flexibility index (Phi) is 3.08. The topological polar surface area (TPSA) is 4.93 Å². The van der Waals surface area contributed by atoms with E-state index in [1.165, 1.54) is 22.0 Å². The average Bonchev–Trinajstić information content (AvgIpc) is 2.85. The van der Waals surface area contributed by atoms with Crippen LogP contribution in [0.1, 0.15) is 11.1 Å². The molecule has 0 N–H and O–H groups in total. The third-order valence-electron chi connectivity index (χ3n) is 3.36. The van der Waals surface area contributed by atoms with Crippen LogP contribution in [0.2, 0.25) is 0 Å². The van der Waals surface area contributed by atoms with Crippen LogP contribution in [-0.4, -0.2) is 4.57 Å². The molecule has 2 aromatic carbocycles. The molecule has 0 spiro atoms. The van der Waals surface area contributed by atoms with Gasteiger partial charge in [-0.25, -0.2) is 0 Å². The molecular formula is C18H15N. The van der Waals surface area contributed by atoms with Gasteiger partial charge in [0.25, 0.3) is 0 Å². The van der Waals surface area contributed by atoms with Gasteiger partial charge < -0.3 is 4.57 Å². The first-order valence-electron chi connectivity index (χ1n) is 6.42. The molecule has 3 aromatic rings. The van der Waals surface area contributed by atoms with Gasteiger partial charge in [-0.3, -0.25) is 0 Å². The number of nitrogens with zero attached hydrogens (tertiary/aromatic N) is 1. The Morgan fingerprint density at radius 1 is 0.947 bits per heavy atom. The minimum absolute atomic E-state index is 0.677. The number of aromatic nitrogens is 1. The van der Waals surface area contributed by atoms with Crippen molar-refractivity contribution < 1.29 is 0 Å². The summed E-state index contributed by atoms with van der Waals surface area (Å²) in [5, 5.41) is 1.25. The van der Waals surface area contributed by atoms with Crippen molar-refractivity contribution in [3.63, 3.8) is 0 Å². The molecule has 0 fully saturated rings. The lowest BCUT2D eigenvalue weighted by Crippen LogP contribution is -1.99. The molecule has 0 aliphatic heterocycles. The molecule has 0 atom stereocenters. The van der Waals surface area contributed by atoms with E-state index >= 15 is 0 Å². The number of fused-ring (bicyclic) bond motifs is 1. The Bertz CT molecular complexity index is 729. The summed E-state index contributed by atoms with van der Waals surface area (Å²) in [5.41, 5.74) is 3.78. The summed E-state index contributed by atoms with van der Waals surface area (Å²) in [7, 11) is 0. The van der Waals surface area contributed by atoms with Crippen LogP contribution in [-0.2, 0) is 13.0 Å². The molecule has 1 aromatic heterocycles. The fraction of sp³-hybridized carbons (Fsp3) is 0.111. The van der Waals surface area contributed by atoms with E-state index in [9.17, 15) is 0 Å². The summed E-state index contributed by atoms with van der Waals surface area (Å²) < 4.78 is 2.28. The quantitative estimate of drug-likeness (QED) is 0.617. The molecule has 0 saturated carbocycles. The van der Waals surface area contributed by atoms with Crippen molar-refractivity contribution in [2.75, 3.05) is 0 Å². The van der Waals surface area contributed by atoms with Crippen molar-refractivity contribution in [2.45, 2.75) is 13.0 Å². The number of benzene rings is 2. The molecule has 0 unspecified atom stereocenters. The standard InChI is InChI=1S/C18H15N/c1-2-7-16-10-6-11-17-12-13-19(18(16)17)14-15-8-4-3-5-9-15/h1,3-6,8-13H,7,14H2. The number of para-hydroxylation sites is 1. The fourth-order valence-corrected chi connectivity index (χ4v) is 2.51. The van der Waals surface area contributed by atoms with Crippen LogP contribution >= 0.6 is 0 Å². The Balaban J connectivity index is 2.07. The lowest BCUT2D eigenvalue weighted by atomic mass is 10.1. The Morgan fingerprint density at radius 3 is 2.58 bits per heavy atom. The van der Waals surface area contributed by atoms with E-state index in [0.717, 1.165) is 6.54 Å². The minimum Gasteiger partial charge on any atom is -0.343 e. The van der Waals surface area contributed by atoms with E-state index in [2.05, 4.69) is 65.2 Å². The van der Waals surface area contributed by atoms with E-state index in [1.54, 1.807) is 0 Å². The average molecular weight is 245 g/mol. The summed E-state index contributed by atoms with van der Waals surface area (Å²) in [6, 6.07) is 19.0. The van der Waals surface area contributed by atoms with Gasteiger partial charge in [0.05, 0.1) is 5.52 Å². The summed E-state index contributed by atoms with van der Waals surface area (Å²) in [4.78, 5) is 0. The van der Waals surface area contributed by atoms with Gasteiger partial charge in [0.1, 0.15) is 0 Å². The molecule has 1 heteroatoms. The molecule has 1 heterocycles. The Morgan fingerprint density at radius 2 is 1.79 bits per heavy atom. The SMILES string of the molecule is C#CCc1cccc2ccn(Cc3ccccc3)c12. The predicted molar refractivity (Wildman–Crippen MR) is 80.0 cm³/mol. The zero-order chi connectivity index (χ0) is 13.1. The van der Waals surface area contributed by atoms with Gasteiger partial charge in [-0.1, -0.05) is 48.5 Å². The molecule has 0 aliphatic rings. The smallest absolute Gasteiger partial charge is 0.0525 e. The van der Waals surface area contributed by atoms with Crippen LogP contribution in [0.25, 0.3) is 10.9 Å². The first-order chi connectivity index (χ1) is 9.38. The van der Waals surface area contributed by atoms with Crippen LogP contribution in [0.15, 0.2) is 60.8 Å². The van der Waals surface area contributed by atoms with Gasteiger partial charge in [0, 0.05) is 19.2 Å². The lowest BCUT2D eigenvalue weighted by Gasteiger charge is -2.08. The minimum atomic E-state index is 0.677. The summed E-state index contributed by atoms with van der Waals surface area (Å²) in [5.74, 6) is 2.74. The third-order valence-corrected chi connectivity index (χ3v) is 3.36. The van der Waals surface area contributed by atoms with E-state index < -0.39 is 0 Å². The Hall–Kier alpha value is -2.46. The predicted octanol–water partition coefficient (Wildman–Crippen LogP) is 3.87. The second-order valence-corrected chi connectivity index (χ2v) is 4.67. The third kappa shape index (κ3) is 2.26. The summed E-state index contributed by atoms with van der Waals surface area (Å²) in [6.07, 6.45) is 8.28. The lowest BCUT2D eigenvalue weighted by molar-refractivity contribution is 0.833. The van der Waals surface area contributed by atoms with E-state index in [4.69, 9.17) is 6.42 Å². The normalized spacial score (nSPS) is 10.5. The number of hydrogen-bond donors (Lipinski definition) is 0. The van der Waals surface area contributed by atoms with E-state index in [-0.39, 0.29) is 0 Å². The van der Waals surface area contributed by atoms with Crippen LogP contribution < -0.4 is 0 Å². The number of hydrogen-bond acceptors (Lipinski definition) is 0. The van der Waals surface area contributed by atoms with Gasteiger partial charge in [-0.2, -0.15) is 0 Å². The van der Waals surface area contributed by atoms with Crippen molar-refractivity contribution in [3.05, 3.63) is 71.9 Å². The highest BCUT2D eigenvalue weighted by atomic mass is 15.0. The van der Waals surface area contributed by atoms with Crippen molar-refractivity contribution in [1.82, 2.24) is 4.57 Å². The molecule has 1 nitrogen and oxygen atoms in total. The second kappa shape index (κ2) is 5.04. The summed E-state index contributed by atoms with van der Waals surface area (Å²) >= 11 is 0. The van der Waals surface area contributed by atoms with Crippen LogP contribution in [0.3, 0.4) is 0 Å². The van der Waals surface area contributed by atoms with E-state index in [0.29, 0.717) is 6.42 Å². The van der Waals surface area contributed by atoms with Gasteiger partial charge in [-0.05, 0) is 22.6 Å². The zero-order valence-corrected chi connectivity index (χ0v) is 10.7. The van der Waals surface area contributed by atoms with Crippen LogP contribution in [0, 0.1) is 12.3 Å². The number of rotatable bonds is 3. The van der Waals surface area contributed by atoms with E-state index in [1.807, 2.05) is 6.07 Å². The van der Waals surface area contributed by atoms with Crippen LogP contribution in [0.4, 0.5) is 0 Å². The summed E-state index contributed by atoms with van der Waals surface area (Å²) in [6.45, 7) is 0.881. The molecule has 0 saturated heterocycles. The molecule has 92 valence electrons. The van der Waals surface area contributed by atoms with Crippen molar-refractivity contribution in [1.29, 1.82) is 0 Å². The number of terminal acetylenes is 1. The highest BCUT2D eigenvalue weighted by Gasteiger charge is 2.06. The monoisotopic (exact) mass is 245 g/mol. The molecule has 0 bridgehead atoms. The molecule has 0 amide bonds. The maximum atomic E-state index is 5.46. The fourth-order valence-electron chi connectivity index (χ4n) is 2.51. The maximum Gasteiger partial charge on any atom is 0.0525 e. The van der Waals surface area contributed by atoms with Gasteiger partial charge in [0.2, 0.25) is 0 Å². The first-order valence-corrected chi connectivity index (χ1v) is 6.42. The Labute approximate surface area is 113 Å². The zero-order valence-electron chi connectivity index (χ0n) is 10.7. The van der Waals surface area contributed by atoms with Gasteiger partial charge >= 0.3 is 0 Å². The van der Waals surface area contributed by atoms with Crippen molar-refractivity contribution in [2.24, 2.45) is 0 Å². The highest BCUT2D eigenvalue weighted by molar-refractivity contribution is 5.83. The first kappa shape index (κ1) is 11.6. The van der Waals surface area contributed by atoms with Crippen molar-refractivity contribution >= 4 is 10.9 Å². The van der Waals surface area contributed by atoms with Gasteiger partial charge in [-0.15, -0.1) is 12.3 Å². The molecule has 19 heavy (non-hydrogen) atoms. The highest BCUT2D eigenvalue weighted by Crippen LogP contribution is 2.21. The van der Waals surface area contributed by atoms with Crippen LogP contribution in [0.5, 0.6) is 0 Å².